The summed E-state index contributed by atoms with van der Waals surface area (Å²) in [6.45, 7) is 5.94. The number of carbonyl (C=O) groups is 1. The fourth-order valence-electron chi connectivity index (χ4n) is 4.45. The van der Waals surface area contributed by atoms with Gasteiger partial charge in [0.2, 0.25) is 10.0 Å². The van der Waals surface area contributed by atoms with Crippen molar-refractivity contribution in [2.24, 2.45) is 0 Å². The number of carbonyl (C=O) groups excluding carboxylic acids is 1. The van der Waals surface area contributed by atoms with E-state index < -0.39 is 10.0 Å². The highest BCUT2D eigenvalue weighted by atomic mass is 32.2. The largest absolute Gasteiger partial charge is 0.379 e. The van der Waals surface area contributed by atoms with Crippen molar-refractivity contribution in [3.8, 4) is 6.07 Å². The quantitative estimate of drug-likeness (QED) is 0.650. The Morgan fingerprint density at radius 3 is 2.41 bits per heavy atom. The van der Waals surface area contributed by atoms with Gasteiger partial charge in [0.1, 0.15) is 0 Å². The van der Waals surface area contributed by atoms with Crippen molar-refractivity contribution in [1.82, 2.24) is 9.21 Å². The molecule has 0 saturated carbocycles. The average molecular weight is 483 g/mol. The molecule has 0 aromatic heterocycles. The zero-order chi connectivity index (χ0) is 24.1. The summed E-state index contributed by atoms with van der Waals surface area (Å²) in [6, 6.07) is 14.7. The number of hydrogen-bond donors (Lipinski definition) is 0. The molecule has 9 heteroatoms. The molecule has 2 heterocycles. The van der Waals surface area contributed by atoms with Crippen LogP contribution in [0, 0.1) is 11.3 Å². The Morgan fingerprint density at radius 1 is 1.00 bits per heavy atom. The Morgan fingerprint density at radius 2 is 1.74 bits per heavy atom. The standard InChI is InChI=1S/C25H30N4O4S/c1-2-21-6-7-22(18-24(21)34(31,32)29-14-16-33-17-15-29)25(30)28-11-3-10-27(12-13-28)23-8-4-20(19-26)5-9-23/h4-9,18H,2-3,10-17H2,1H3. The van der Waals surface area contributed by atoms with Crippen LogP contribution in [0.1, 0.15) is 34.8 Å². The maximum Gasteiger partial charge on any atom is 0.253 e. The lowest BCUT2D eigenvalue weighted by atomic mass is 10.1. The second-order valence-electron chi connectivity index (χ2n) is 8.48. The fraction of sp³-hybridized carbons (Fsp3) is 0.440. The predicted octanol–water partition coefficient (Wildman–Crippen LogP) is 2.49. The Kier molecular flexibility index (Phi) is 7.51. The molecule has 2 aliphatic heterocycles. The third-order valence-corrected chi connectivity index (χ3v) is 8.41. The van der Waals surface area contributed by atoms with Crippen LogP contribution in [0.5, 0.6) is 0 Å². The molecule has 180 valence electrons. The lowest BCUT2D eigenvalue weighted by Crippen LogP contribution is -2.41. The van der Waals surface area contributed by atoms with E-state index in [1.54, 1.807) is 35.2 Å². The molecular weight excluding hydrogens is 452 g/mol. The molecule has 1 amide bonds. The van der Waals surface area contributed by atoms with Crippen LogP contribution in [-0.4, -0.2) is 76.0 Å². The predicted molar refractivity (Wildman–Crippen MR) is 129 cm³/mol. The van der Waals surface area contributed by atoms with E-state index in [0.29, 0.717) is 69.0 Å². The molecule has 0 radical (unpaired) electrons. The monoisotopic (exact) mass is 482 g/mol. The average Bonchev–Trinajstić information content (AvgIpc) is 3.15. The summed E-state index contributed by atoms with van der Waals surface area (Å²) in [5.41, 5.74) is 2.76. The van der Waals surface area contributed by atoms with Gasteiger partial charge in [-0.1, -0.05) is 13.0 Å². The van der Waals surface area contributed by atoms with Gasteiger partial charge >= 0.3 is 0 Å². The SMILES string of the molecule is CCc1ccc(C(=O)N2CCCN(c3ccc(C#N)cc3)CC2)cc1S(=O)(=O)N1CCOCC1. The van der Waals surface area contributed by atoms with Crippen LogP contribution in [0.2, 0.25) is 0 Å². The topological polar surface area (TPSA) is 93.9 Å². The van der Waals surface area contributed by atoms with Crippen molar-refractivity contribution >= 4 is 21.6 Å². The van der Waals surface area contributed by atoms with Crippen molar-refractivity contribution in [2.75, 3.05) is 57.4 Å². The number of hydrogen-bond acceptors (Lipinski definition) is 6. The molecule has 0 atom stereocenters. The molecule has 8 nitrogen and oxygen atoms in total. The zero-order valence-electron chi connectivity index (χ0n) is 19.4. The molecule has 4 rings (SSSR count). The first-order valence-corrected chi connectivity index (χ1v) is 13.1. The van der Waals surface area contributed by atoms with E-state index in [1.807, 2.05) is 19.1 Å². The summed E-state index contributed by atoms with van der Waals surface area (Å²) >= 11 is 0. The van der Waals surface area contributed by atoms with Gasteiger partial charge in [-0.05, 0) is 54.8 Å². The molecule has 0 aliphatic carbocycles. The first-order chi connectivity index (χ1) is 16.4. The van der Waals surface area contributed by atoms with Gasteiger partial charge in [-0.2, -0.15) is 9.57 Å². The molecule has 0 N–H and O–H groups in total. The number of nitrogens with zero attached hydrogens (tertiary/aromatic N) is 4. The molecule has 2 aromatic rings. The first-order valence-electron chi connectivity index (χ1n) is 11.7. The van der Waals surface area contributed by atoms with Gasteiger partial charge in [0.15, 0.2) is 0 Å². The number of anilines is 1. The van der Waals surface area contributed by atoms with Gasteiger partial charge in [-0.3, -0.25) is 4.79 Å². The van der Waals surface area contributed by atoms with Crippen LogP contribution in [0.4, 0.5) is 5.69 Å². The van der Waals surface area contributed by atoms with E-state index >= 15 is 0 Å². The normalized spacial score (nSPS) is 17.8. The van der Waals surface area contributed by atoms with Crippen LogP contribution in [0.15, 0.2) is 47.4 Å². The van der Waals surface area contributed by atoms with E-state index in [2.05, 4.69) is 11.0 Å². The fourth-order valence-corrected chi connectivity index (χ4v) is 6.18. The van der Waals surface area contributed by atoms with E-state index in [-0.39, 0.29) is 10.8 Å². The number of ether oxygens (including phenoxy) is 1. The van der Waals surface area contributed by atoms with Gasteiger partial charge in [0, 0.05) is 50.5 Å². The molecular formula is C25H30N4O4S. The second kappa shape index (κ2) is 10.6. The number of nitriles is 1. The van der Waals surface area contributed by atoms with Crippen LogP contribution in [0.3, 0.4) is 0 Å². The summed E-state index contributed by atoms with van der Waals surface area (Å²) in [5.74, 6) is -0.150. The van der Waals surface area contributed by atoms with Crippen molar-refractivity contribution in [1.29, 1.82) is 5.26 Å². The third-order valence-electron chi connectivity index (χ3n) is 6.43. The molecule has 2 aromatic carbocycles. The van der Waals surface area contributed by atoms with Crippen LogP contribution in [-0.2, 0) is 21.2 Å². The lowest BCUT2D eigenvalue weighted by molar-refractivity contribution is 0.0729. The zero-order valence-corrected chi connectivity index (χ0v) is 20.3. The summed E-state index contributed by atoms with van der Waals surface area (Å²) in [4.78, 5) is 17.6. The third kappa shape index (κ3) is 5.09. The number of aryl methyl sites for hydroxylation is 1. The smallest absolute Gasteiger partial charge is 0.253 e. The Bertz CT molecular complexity index is 1170. The molecule has 2 saturated heterocycles. The van der Waals surface area contributed by atoms with Gasteiger partial charge in [-0.15, -0.1) is 0 Å². The van der Waals surface area contributed by atoms with Gasteiger partial charge < -0.3 is 14.5 Å². The maximum absolute atomic E-state index is 13.4. The van der Waals surface area contributed by atoms with Crippen LogP contribution >= 0.6 is 0 Å². The number of morpholine rings is 1. The van der Waals surface area contributed by atoms with Gasteiger partial charge in [-0.25, -0.2) is 8.42 Å². The Balaban J connectivity index is 1.52. The summed E-state index contributed by atoms with van der Waals surface area (Å²) in [7, 11) is -3.70. The maximum atomic E-state index is 13.4. The van der Waals surface area contributed by atoms with E-state index in [4.69, 9.17) is 10.00 Å². The van der Waals surface area contributed by atoms with Crippen LogP contribution < -0.4 is 4.90 Å². The van der Waals surface area contributed by atoms with Crippen molar-refractivity contribution in [3.05, 3.63) is 59.2 Å². The highest BCUT2D eigenvalue weighted by Crippen LogP contribution is 2.25. The minimum absolute atomic E-state index is 0.150. The lowest BCUT2D eigenvalue weighted by Gasteiger charge is -2.27. The number of sulfonamides is 1. The second-order valence-corrected chi connectivity index (χ2v) is 10.4. The Hall–Kier alpha value is -2.93. The molecule has 2 fully saturated rings. The van der Waals surface area contributed by atoms with E-state index in [9.17, 15) is 13.2 Å². The molecule has 0 bridgehead atoms. The summed E-state index contributed by atoms with van der Waals surface area (Å²) < 4.78 is 33.4. The van der Waals surface area contributed by atoms with E-state index in [1.165, 1.54) is 4.31 Å². The molecule has 34 heavy (non-hydrogen) atoms. The molecule has 0 spiro atoms. The molecule has 2 aliphatic rings. The number of benzene rings is 2. The minimum Gasteiger partial charge on any atom is -0.379 e. The number of amides is 1. The van der Waals surface area contributed by atoms with Crippen LogP contribution in [0.25, 0.3) is 0 Å². The Labute approximate surface area is 201 Å². The highest BCUT2D eigenvalue weighted by molar-refractivity contribution is 7.89. The van der Waals surface area contributed by atoms with Crippen molar-refractivity contribution < 1.29 is 17.9 Å². The first kappa shape index (κ1) is 24.2. The highest BCUT2D eigenvalue weighted by Gasteiger charge is 2.30. The molecule has 0 unspecified atom stereocenters. The van der Waals surface area contributed by atoms with Crippen molar-refractivity contribution in [2.45, 2.75) is 24.7 Å². The number of rotatable bonds is 5. The van der Waals surface area contributed by atoms with Crippen molar-refractivity contribution in [3.63, 3.8) is 0 Å². The van der Waals surface area contributed by atoms with E-state index in [0.717, 1.165) is 18.7 Å². The van der Waals surface area contributed by atoms with Gasteiger partial charge in [0.25, 0.3) is 5.91 Å². The minimum atomic E-state index is -3.70. The summed E-state index contributed by atoms with van der Waals surface area (Å²) in [6.07, 6.45) is 1.37. The van der Waals surface area contributed by atoms with Gasteiger partial charge in [0.05, 0.1) is 29.7 Å². The summed E-state index contributed by atoms with van der Waals surface area (Å²) in [5, 5.41) is 9.01.